The first-order valence-electron chi connectivity index (χ1n) is 16.8. The number of nitrogens with one attached hydrogen (secondary N) is 1. The van der Waals surface area contributed by atoms with Gasteiger partial charge in [0.25, 0.3) is 11.8 Å². The largest absolute Gasteiger partial charge is 0.508 e. The van der Waals surface area contributed by atoms with Gasteiger partial charge < -0.3 is 10.2 Å². The highest BCUT2D eigenvalue weighted by atomic mass is 35.5. The molecule has 3 fully saturated rings. The molecule has 6 atom stereocenters. The van der Waals surface area contributed by atoms with E-state index < -0.39 is 58.6 Å². The molecule has 10 nitrogen and oxygen atoms in total. The smallest absolute Gasteiger partial charge is 0.303 e. The number of fused-ring (bicyclic) bond motifs is 4. The SMILES string of the molecule is O=C(O)CCCCCN1C(=O)[C@H]2[C@H](CC=C3[C@H]2C[C@H]2C(=O)N(Nc4ccc(F)cc4)C(=O)[C@@]2(c2ccc(Cl)cc2)[C@H]3c2ccccc2O)C1=O. The van der Waals surface area contributed by atoms with E-state index in [2.05, 4.69) is 5.43 Å². The molecule has 3 aromatic carbocycles. The van der Waals surface area contributed by atoms with Gasteiger partial charge >= 0.3 is 5.97 Å². The number of allylic oxidation sites excluding steroid dienone is 2. The number of carboxylic acid groups (broad SMARTS) is 1. The predicted octanol–water partition coefficient (Wildman–Crippen LogP) is 5.81. The summed E-state index contributed by atoms with van der Waals surface area (Å²) < 4.78 is 13.8. The molecule has 0 spiro atoms. The molecule has 258 valence electrons. The molecular weight excluding hydrogens is 665 g/mol. The van der Waals surface area contributed by atoms with Gasteiger partial charge in [0, 0.05) is 29.5 Å². The zero-order valence-electron chi connectivity index (χ0n) is 26.9. The van der Waals surface area contributed by atoms with Crippen LogP contribution in [0.3, 0.4) is 0 Å². The fourth-order valence-electron chi connectivity index (χ4n) is 8.74. The molecule has 2 heterocycles. The van der Waals surface area contributed by atoms with Crippen molar-refractivity contribution in [1.82, 2.24) is 9.91 Å². The van der Waals surface area contributed by atoms with E-state index in [1.807, 2.05) is 6.08 Å². The third-order valence-electron chi connectivity index (χ3n) is 10.9. The van der Waals surface area contributed by atoms with Crippen LogP contribution in [0.15, 0.2) is 84.4 Å². The Morgan fingerprint density at radius 3 is 2.32 bits per heavy atom. The summed E-state index contributed by atoms with van der Waals surface area (Å²) >= 11 is 6.31. The number of para-hydroxylation sites is 1. The minimum Gasteiger partial charge on any atom is -0.508 e. The van der Waals surface area contributed by atoms with E-state index in [-0.39, 0.29) is 43.4 Å². The molecular formula is C38H35ClFN3O7. The van der Waals surface area contributed by atoms with Gasteiger partial charge in [-0.25, -0.2) is 4.39 Å². The van der Waals surface area contributed by atoms with Crippen LogP contribution in [0.25, 0.3) is 0 Å². The van der Waals surface area contributed by atoms with Crippen molar-refractivity contribution in [2.75, 3.05) is 12.0 Å². The molecule has 0 unspecified atom stereocenters. The third kappa shape index (κ3) is 5.35. The van der Waals surface area contributed by atoms with Crippen molar-refractivity contribution >= 4 is 46.9 Å². The number of carbonyl (C=O) groups is 5. The maximum absolute atomic E-state index is 15.1. The second-order valence-corrected chi connectivity index (χ2v) is 13.9. The number of likely N-dealkylation sites (tertiary alicyclic amines) is 1. The zero-order valence-corrected chi connectivity index (χ0v) is 27.7. The molecule has 4 amide bonds. The number of halogens is 2. The predicted molar refractivity (Wildman–Crippen MR) is 180 cm³/mol. The number of anilines is 1. The highest BCUT2D eigenvalue weighted by Gasteiger charge is 2.70. The van der Waals surface area contributed by atoms with E-state index in [1.54, 1.807) is 42.5 Å². The van der Waals surface area contributed by atoms with Gasteiger partial charge in [0.05, 0.1) is 28.9 Å². The van der Waals surface area contributed by atoms with E-state index in [0.29, 0.717) is 46.7 Å². The van der Waals surface area contributed by atoms with Gasteiger partial charge in [-0.1, -0.05) is 60.0 Å². The summed E-state index contributed by atoms with van der Waals surface area (Å²) in [5, 5.41) is 21.7. The molecule has 0 bridgehead atoms. The maximum Gasteiger partial charge on any atom is 0.303 e. The summed E-state index contributed by atoms with van der Waals surface area (Å²) in [4.78, 5) is 69.8. The number of carbonyl (C=O) groups excluding carboxylic acids is 4. The Morgan fingerprint density at radius 1 is 0.900 bits per heavy atom. The van der Waals surface area contributed by atoms with Gasteiger partial charge in [0.1, 0.15) is 11.6 Å². The molecule has 12 heteroatoms. The fraction of sp³-hybridized carbons (Fsp3) is 0.342. The van der Waals surface area contributed by atoms with E-state index in [0.717, 1.165) is 5.01 Å². The number of hydrogen-bond donors (Lipinski definition) is 3. The Bertz CT molecular complexity index is 1920. The van der Waals surface area contributed by atoms with Crippen molar-refractivity contribution in [3.8, 4) is 5.75 Å². The van der Waals surface area contributed by atoms with Crippen molar-refractivity contribution < 1.29 is 38.6 Å². The highest BCUT2D eigenvalue weighted by molar-refractivity contribution is 6.30. The molecule has 3 N–H and O–H groups in total. The van der Waals surface area contributed by atoms with E-state index in [9.17, 15) is 28.7 Å². The average Bonchev–Trinajstić information content (AvgIpc) is 3.46. The number of hydrazine groups is 1. The van der Waals surface area contributed by atoms with Crippen molar-refractivity contribution in [3.63, 3.8) is 0 Å². The number of phenolic OH excluding ortho intramolecular Hbond substituents is 1. The summed E-state index contributed by atoms with van der Waals surface area (Å²) in [6.07, 6.45) is 3.68. The molecule has 2 saturated heterocycles. The first-order valence-corrected chi connectivity index (χ1v) is 17.1. The maximum atomic E-state index is 15.1. The average molecular weight is 700 g/mol. The van der Waals surface area contributed by atoms with Crippen LogP contribution >= 0.6 is 11.6 Å². The van der Waals surface area contributed by atoms with Gasteiger partial charge in [0.2, 0.25) is 11.8 Å². The normalized spacial score (nSPS) is 27.2. The number of unbranched alkanes of at least 4 members (excludes halogenated alkanes) is 2. The van der Waals surface area contributed by atoms with Gasteiger partial charge in [-0.15, -0.1) is 0 Å². The van der Waals surface area contributed by atoms with E-state index >= 15 is 4.79 Å². The Morgan fingerprint density at radius 2 is 1.62 bits per heavy atom. The van der Waals surface area contributed by atoms with E-state index in [1.165, 1.54) is 35.2 Å². The highest BCUT2D eigenvalue weighted by Crippen LogP contribution is 2.64. The number of rotatable bonds is 10. The quantitative estimate of drug-likeness (QED) is 0.137. The van der Waals surface area contributed by atoms with Crippen LogP contribution in [0.5, 0.6) is 5.75 Å². The summed E-state index contributed by atoms with van der Waals surface area (Å²) in [5.74, 6) is -7.21. The Labute approximate surface area is 292 Å². The lowest BCUT2D eigenvalue weighted by atomic mass is 9.49. The second kappa shape index (κ2) is 13.0. The first-order chi connectivity index (χ1) is 24.0. The summed E-state index contributed by atoms with van der Waals surface area (Å²) in [6.45, 7) is 0.167. The number of imide groups is 2. The van der Waals surface area contributed by atoms with Crippen LogP contribution < -0.4 is 5.43 Å². The van der Waals surface area contributed by atoms with Crippen molar-refractivity contribution in [2.45, 2.75) is 49.9 Å². The molecule has 4 aliphatic rings. The molecule has 0 radical (unpaired) electrons. The standard InChI is InChI=1S/C38H35ClFN3O7/c39-22-11-9-21(10-12-22)38-29(35(48)43(37(38)50)41-24-15-13-23(40)14-16-24)20-28-25(33(38)26-6-3-4-7-30(26)44)17-18-27-32(28)36(49)42(34(27)47)19-5-1-2-8-31(45)46/h3-4,6-7,9-17,27-29,32-33,41,44H,1-2,5,8,18-20H2,(H,45,46)/t27-,28+,29-,32-,33+,38+/m0/s1. The minimum atomic E-state index is -1.59. The molecule has 0 aromatic heterocycles. The molecule has 1 saturated carbocycles. The number of amides is 4. The number of nitrogens with zero attached hydrogens (tertiary/aromatic N) is 2. The lowest BCUT2D eigenvalue weighted by Gasteiger charge is -2.50. The fourth-order valence-corrected chi connectivity index (χ4v) is 8.87. The minimum absolute atomic E-state index is 0.00670. The number of benzene rings is 3. The lowest BCUT2D eigenvalue weighted by Crippen LogP contribution is -2.53. The number of aliphatic carboxylic acids is 1. The number of phenols is 1. The van der Waals surface area contributed by atoms with Gasteiger partial charge in [-0.05, 0) is 79.6 Å². The molecule has 50 heavy (non-hydrogen) atoms. The number of hydrogen-bond acceptors (Lipinski definition) is 7. The number of aromatic hydroxyl groups is 1. The van der Waals surface area contributed by atoms with Gasteiger partial charge in [-0.2, -0.15) is 5.01 Å². The third-order valence-corrected chi connectivity index (χ3v) is 11.1. The monoisotopic (exact) mass is 699 g/mol. The molecule has 3 aromatic rings. The van der Waals surface area contributed by atoms with Crippen LogP contribution in [0.1, 0.15) is 55.6 Å². The molecule has 7 rings (SSSR count). The first kappa shape index (κ1) is 33.5. The topological polar surface area (TPSA) is 144 Å². The van der Waals surface area contributed by atoms with Crippen molar-refractivity contribution in [1.29, 1.82) is 0 Å². The summed E-state index contributed by atoms with van der Waals surface area (Å²) in [7, 11) is 0. The van der Waals surface area contributed by atoms with Crippen molar-refractivity contribution in [3.05, 3.63) is 106 Å². The van der Waals surface area contributed by atoms with Crippen LogP contribution in [-0.2, 0) is 29.4 Å². The van der Waals surface area contributed by atoms with Crippen LogP contribution in [0.2, 0.25) is 5.02 Å². The lowest BCUT2D eigenvalue weighted by molar-refractivity contribution is -0.141. The Hall–Kier alpha value is -5.03. The molecule has 2 aliphatic heterocycles. The Kier molecular flexibility index (Phi) is 8.71. The van der Waals surface area contributed by atoms with Crippen LogP contribution in [0, 0.1) is 29.5 Å². The van der Waals surface area contributed by atoms with Crippen LogP contribution in [0.4, 0.5) is 10.1 Å². The number of carboxylic acids is 1. The summed E-state index contributed by atoms with van der Waals surface area (Å²) in [6, 6.07) is 18.6. The van der Waals surface area contributed by atoms with Crippen LogP contribution in [-0.4, -0.2) is 56.3 Å². The van der Waals surface area contributed by atoms with Gasteiger partial charge in [-0.3, -0.25) is 34.3 Å². The Balaban J connectivity index is 1.34. The van der Waals surface area contributed by atoms with Crippen molar-refractivity contribution in [2.24, 2.45) is 23.7 Å². The van der Waals surface area contributed by atoms with Gasteiger partial charge in [0.15, 0.2) is 0 Å². The zero-order chi connectivity index (χ0) is 35.3. The van der Waals surface area contributed by atoms with E-state index in [4.69, 9.17) is 16.7 Å². The second-order valence-electron chi connectivity index (χ2n) is 13.5. The molecule has 2 aliphatic carbocycles. The summed E-state index contributed by atoms with van der Waals surface area (Å²) in [5.41, 5.74) is 3.23.